The summed E-state index contributed by atoms with van der Waals surface area (Å²) in [6, 6.07) is 14.2. The minimum atomic E-state index is -3.80. The zero-order chi connectivity index (χ0) is 24.9. The fourth-order valence-electron chi connectivity index (χ4n) is 3.59. The maximum absolute atomic E-state index is 13.0. The topological polar surface area (TPSA) is 134 Å². The second-order valence-electron chi connectivity index (χ2n) is 8.02. The van der Waals surface area contributed by atoms with Gasteiger partial charge in [-0.05, 0) is 57.0 Å². The summed E-state index contributed by atoms with van der Waals surface area (Å²) in [5.41, 5.74) is 1.11. The maximum Gasteiger partial charge on any atom is 0.309 e. The lowest BCUT2D eigenvalue weighted by Crippen LogP contribution is -2.41. The number of benzene rings is 2. The van der Waals surface area contributed by atoms with Gasteiger partial charge < -0.3 is 10.1 Å². The van der Waals surface area contributed by atoms with Gasteiger partial charge >= 0.3 is 5.97 Å². The molecular weight excluding hydrogens is 458 g/mol. The number of nitrogens with zero attached hydrogens (tertiary/aromatic N) is 2. The number of amides is 1. The summed E-state index contributed by atoms with van der Waals surface area (Å²) in [6.45, 7) is 3.05. The fourth-order valence-corrected chi connectivity index (χ4v) is 5.11. The van der Waals surface area contributed by atoms with Crippen molar-refractivity contribution in [2.75, 3.05) is 18.4 Å². The van der Waals surface area contributed by atoms with Crippen LogP contribution in [0.5, 0.6) is 0 Å². The molecule has 0 spiro atoms. The van der Waals surface area contributed by atoms with Gasteiger partial charge in [-0.15, -0.1) is 0 Å². The van der Waals surface area contributed by atoms with Gasteiger partial charge in [-0.1, -0.05) is 18.2 Å². The van der Waals surface area contributed by atoms with E-state index in [1.54, 1.807) is 24.3 Å². The third kappa shape index (κ3) is 5.87. The number of ether oxygens (including phenoxy) is 1. The van der Waals surface area contributed by atoms with E-state index in [2.05, 4.69) is 5.32 Å². The number of carbonyl (C=O) groups is 3. The van der Waals surface area contributed by atoms with Gasteiger partial charge in [0.1, 0.15) is 0 Å². The van der Waals surface area contributed by atoms with Crippen LogP contribution in [0.15, 0.2) is 53.4 Å². The van der Waals surface area contributed by atoms with E-state index in [1.807, 2.05) is 6.07 Å². The number of nitrogens with one attached hydrogen (secondary N) is 1. The van der Waals surface area contributed by atoms with Crippen molar-refractivity contribution in [3.8, 4) is 6.07 Å². The molecule has 0 bridgehead atoms. The molecule has 3 rings (SSSR count). The van der Waals surface area contributed by atoms with Crippen LogP contribution in [0.25, 0.3) is 0 Å². The van der Waals surface area contributed by atoms with E-state index in [-0.39, 0.29) is 36.6 Å². The smallest absolute Gasteiger partial charge is 0.309 e. The second-order valence-corrected chi connectivity index (χ2v) is 9.96. The second kappa shape index (κ2) is 10.6. The lowest BCUT2D eigenvalue weighted by atomic mass is 9.98. The van der Waals surface area contributed by atoms with Crippen molar-refractivity contribution in [2.45, 2.75) is 37.7 Å². The van der Waals surface area contributed by atoms with E-state index < -0.39 is 33.9 Å². The Labute approximate surface area is 198 Å². The summed E-state index contributed by atoms with van der Waals surface area (Å²) in [7, 11) is -3.80. The Bertz CT molecular complexity index is 1240. The van der Waals surface area contributed by atoms with Crippen LogP contribution in [-0.2, 0) is 24.3 Å². The molecular formula is C24H25N3O6S. The number of rotatable bonds is 7. The Morgan fingerprint density at radius 1 is 1.12 bits per heavy atom. The highest BCUT2D eigenvalue weighted by Crippen LogP contribution is 2.25. The summed E-state index contributed by atoms with van der Waals surface area (Å²) in [5, 5.41) is 11.6. The molecule has 2 aromatic carbocycles. The van der Waals surface area contributed by atoms with E-state index in [1.165, 1.54) is 42.4 Å². The molecule has 2 aromatic rings. The van der Waals surface area contributed by atoms with Gasteiger partial charge in [0.25, 0.3) is 5.91 Å². The maximum atomic E-state index is 13.0. The summed E-state index contributed by atoms with van der Waals surface area (Å²) < 4.78 is 32.5. The number of ketones is 1. The monoisotopic (exact) mass is 483 g/mol. The number of hydrogen-bond acceptors (Lipinski definition) is 7. The Morgan fingerprint density at radius 3 is 2.44 bits per heavy atom. The largest absolute Gasteiger partial charge is 0.452 e. The Balaban J connectivity index is 1.55. The summed E-state index contributed by atoms with van der Waals surface area (Å²) in [6.07, 6.45) is -0.555. The molecule has 1 aliphatic heterocycles. The van der Waals surface area contributed by atoms with E-state index in [4.69, 9.17) is 10.00 Å². The van der Waals surface area contributed by atoms with Crippen LogP contribution in [0.3, 0.4) is 0 Å². The number of anilines is 1. The van der Waals surface area contributed by atoms with E-state index in [9.17, 15) is 22.8 Å². The van der Waals surface area contributed by atoms with Gasteiger partial charge in [-0.2, -0.15) is 9.57 Å². The molecule has 1 heterocycles. The highest BCUT2D eigenvalue weighted by molar-refractivity contribution is 7.89. The fraction of sp³-hybridized carbons (Fsp3) is 0.333. The predicted octanol–water partition coefficient (Wildman–Crippen LogP) is 2.73. The molecule has 0 aromatic heterocycles. The van der Waals surface area contributed by atoms with Crippen molar-refractivity contribution in [3.05, 3.63) is 59.7 Å². The van der Waals surface area contributed by atoms with E-state index >= 15 is 0 Å². The van der Waals surface area contributed by atoms with E-state index in [0.717, 1.165) is 0 Å². The lowest BCUT2D eigenvalue weighted by molar-refractivity contribution is -0.158. The molecule has 1 saturated heterocycles. The van der Waals surface area contributed by atoms with Crippen molar-refractivity contribution in [1.29, 1.82) is 5.26 Å². The third-order valence-electron chi connectivity index (χ3n) is 5.59. The van der Waals surface area contributed by atoms with Crippen molar-refractivity contribution < 1.29 is 27.5 Å². The van der Waals surface area contributed by atoms with Crippen LogP contribution in [0.4, 0.5) is 5.69 Å². The van der Waals surface area contributed by atoms with Gasteiger partial charge in [0, 0.05) is 24.3 Å². The standard InChI is InChI=1S/C24H25N3O6S/c1-16(28)20-6-4-8-22(14-20)34(31,32)27-11-9-19(10-12-27)24(30)33-17(2)23(29)26-21-7-3-5-18(13-21)15-25/h3-8,13-14,17,19H,9-12H2,1-2H3,(H,26,29). The molecule has 34 heavy (non-hydrogen) atoms. The van der Waals surface area contributed by atoms with Crippen LogP contribution in [0.1, 0.15) is 42.6 Å². The Morgan fingerprint density at radius 2 is 1.79 bits per heavy atom. The number of nitriles is 1. The molecule has 1 fully saturated rings. The molecule has 0 radical (unpaired) electrons. The third-order valence-corrected chi connectivity index (χ3v) is 7.48. The molecule has 10 heteroatoms. The van der Waals surface area contributed by atoms with Crippen LogP contribution in [0, 0.1) is 17.2 Å². The first-order chi connectivity index (χ1) is 16.1. The van der Waals surface area contributed by atoms with Crippen LogP contribution in [0.2, 0.25) is 0 Å². The molecule has 9 nitrogen and oxygen atoms in total. The minimum Gasteiger partial charge on any atom is -0.452 e. The average molecular weight is 484 g/mol. The highest BCUT2D eigenvalue weighted by atomic mass is 32.2. The molecule has 0 aliphatic carbocycles. The van der Waals surface area contributed by atoms with E-state index in [0.29, 0.717) is 16.8 Å². The van der Waals surface area contributed by atoms with Gasteiger partial charge in [-0.25, -0.2) is 8.42 Å². The van der Waals surface area contributed by atoms with Crippen molar-refractivity contribution >= 4 is 33.4 Å². The number of Topliss-reactive ketones (excluding diaryl/α,β-unsaturated/α-hetero) is 1. The zero-order valence-corrected chi connectivity index (χ0v) is 19.7. The van der Waals surface area contributed by atoms with Gasteiger partial charge in [-0.3, -0.25) is 14.4 Å². The van der Waals surface area contributed by atoms with Crippen LogP contribution >= 0.6 is 0 Å². The number of piperidine rings is 1. The highest BCUT2D eigenvalue weighted by Gasteiger charge is 2.34. The summed E-state index contributed by atoms with van der Waals surface area (Å²) in [5.74, 6) is -1.86. The summed E-state index contributed by atoms with van der Waals surface area (Å²) in [4.78, 5) is 36.5. The number of hydrogen-bond donors (Lipinski definition) is 1. The molecule has 1 unspecified atom stereocenters. The minimum absolute atomic E-state index is 0.0342. The summed E-state index contributed by atoms with van der Waals surface area (Å²) >= 11 is 0. The first-order valence-electron chi connectivity index (χ1n) is 10.7. The normalized spacial score (nSPS) is 15.7. The average Bonchev–Trinajstić information content (AvgIpc) is 2.84. The van der Waals surface area contributed by atoms with Crippen molar-refractivity contribution in [1.82, 2.24) is 4.31 Å². The first kappa shape index (κ1) is 25.1. The first-order valence-corrected chi connectivity index (χ1v) is 12.2. The van der Waals surface area contributed by atoms with Crippen molar-refractivity contribution in [3.63, 3.8) is 0 Å². The molecule has 1 aliphatic rings. The Kier molecular flexibility index (Phi) is 7.81. The van der Waals surface area contributed by atoms with Gasteiger partial charge in [0.15, 0.2) is 11.9 Å². The number of esters is 1. The zero-order valence-electron chi connectivity index (χ0n) is 18.9. The molecule has 1 amide bonds. The molecule has 1 atom stereocenters. The lowest BCUT2D eigenvalue weighted by Gasteiger charge is -2.30. The molecule has 178 valence electrons. The van der Waals surface area contributed by atoms with Gasteiger partial charge in [0.2, 0.25) is 10.0 Å². The predicted molar refractivity (Wildman–Crippen MR) is 123 cm³/mol. The van der Waals surface area contributed by atoms with Crippen LogP contribution in [-0.4, -0.2) is 49.6 Å². The number of carbonyl (C=O) groups excluding carboxylic acids is 3. The molecule has 0 saturated carbocycles. The number of sulfonamides is 1. The Hall–Kier alpha value is -3.55. The van der Waals surface area contributed by atoms with Gasteiger partial charge in [0.05, 0.1) is 22.4 Å². The quantitative estimate of drug-likeness (QED) is 0.473. The van der Waals surface area contributed by atoms with Crippen LogP contribution < -0.4 is 5.32 Å². The van der Waals surface area contributed by atoms with Crippen molar-refractivity contribution in [2.24, 2.45) is 5.92 Å². The SMILES string of the molecule is CC(=O)c1cccc(S(=O)(=O)N2CCC(C(=O)OC(C)C(=O)Nc3cccc(C#N)c3)CC2)c1. The molecule has 1 N–H and O–H groups in total.